The van der Waals surface area contributed by atoms with Crippen LogP contribution >= 0.6 is 0 Å². The van der Waals surface area contributed by atoms with Gasteiger partial charge in [0.1, 0.15) is 17.9 Å². The molecule has 0 radical (unpaired) electrons. The lowest BCUT2D eigenvalue weighted by Gasteiger charge is -2.29. The Balaban J connectivity index is 1.63. The molecule has 2 saturated carbocycles. The Kier molecular flexibility index (Phi) is 4.12. The molecule has 0 aliphatic heterocycles. The van der Waals surface area contributed by atoms with E-state index in [4.69, 9.17) is 0 Å². The second kappa shape index (κ2) is 5.94. The fraction of sp³-hybridized carbons (Fsp3) is 0.750. The maximum Gasteiger partial charge on any atom is 0.309 e. The molecule has 3 rings (SSSR count). The van der Waals surface area contributed by atoms with Crippen molar-refractivity contribution in [3.8, 4) is 0 Å². The molecule has 7 heteroatoms. The van der Waals surface area contributed by atoms with Crippen molar-refractivity contribution < 1.29 is 9.72 Å². The van der Waals surface area contributed by atoms with Crippen molar-refractivity contribution in [1.82, 2.24) is 15.1 Å². The van der Waals surface area contributed by atoms with Crippen molar-refractivity contribution >= 4 is 11.6 Å². The number of hydrogen-bond donors (Lipinski definition) is 1. The number of carbonyl (C=O) groups excluding carboxylic acids is 1. The Morgan fingerprint density at radius 3 is 2.70 bits per heavy atom. The fourth-order valence-electron chi connectivity index (χ4n) is 4.33. The normalized spacial score (nSPS) is 28.6. The number of nitrogens with zero attached hydrogens (tertiary/aromatic N) is 3. The van der Waals surface area contributed by atoms with Gasteiger partial charge >= 0.3 is 5.69 Å². The molecule has 5 atom stereocenters. The minimum atomic E-state index is -0.552. The number of aryl methyl sites for hydroxylation is 1. The molecule has 1 aromatic heterocycles. The van der Waals surface area contributed by atoms with E-state index in [0.29, 0.717) is 11.6 Å². The summed E-state index contributed by atoms with van der Waals surface area (Å²) in [5.41, 5.74) is 0.279. The quantitative estimate of drug-likeness (QED) is 0.667. The van der Waals surface area contributed by atoms with Crippen LogP contribution in [0, 0.1) is 34.8 Å². The molecule has 2 aliphatic carbocycles. The number of carbonyl (C=O) groups is 1. The van der Waals surface area contributed by atoms with Crippen LogP contribution in [0.15, 0.2) is 6.20 Å². The Labute approximate surface area is 135 Å². The molecular weight excluding hydrogens is 296 g/mol. The van der Waals surface area contributed by atoms with Gasteiger partial charge in [0.05, 0.1) is 4.92 Å². The molecule has 23 heavy (non-hydrogen) atoms. The third-order valence-corrected chi connectivity index (χ3v) is 5.67. The van der Waals surface area contributed by atoms with Crippen molar-refractivity contribution in [3.63, 3.8) is 0 Å². The van der Waals surface area contributed by atoms with Crippen LogP contribution in [-0.2, 0) is 4.79 Å². The first-order valence-corrected chi connectivity index (χ1v) is 8.37. The van der Waals surface area contributed by atoms with Crippen LogP contribution < -0.4 is 5.32 Å². The van der Waals surface area contributed by atoms with Gasteiger partial charge in [0.2, 0.25) is 5.91 Å². The maximum atomic E-state index is 12.5. The molecule has 1 aromatic rings. The van der Waals surface area contributed by atoms with Crippen molar-refractivity contribution in [3.05, 3.63) is 22.0 Å². The zero-order chi connectivity index (χ0) is 16.7. The number of nitrogens with one attached hydrogen (secondary N) is 1. The van der Waals surface area contributed by atoms with Gasteiger partial charge in [-0.3, -0.25) is 19.6 Å². The van der Waals surface area contributed by atoms with Crippen LogP contribution in [0.2, 0.25) is 0 Å². The molecular formula is C16H24N4O3. The highest BCUT2D eigenvalue weighted by Gasteiger charge is 2.42. The van der Waals surface area contributed by atoms with Gasteiger partial charge in [-0.25, -0.2) is 0 Å². The van der Waals surface area contributed by atoms with Gasteiger partial charge in [0.15, 0.2) is 0 Å². The molecule has 1 N–H and O–H groups in total. The van der Waals surface area contributed by atoms with E-state index in [0.717, 1.165) is 11.8 Å². The summed E-state index contributed by atoms with van der Waals surface area (Å²) in [6.07, 6.45) is 6.49. The first-order chi connectivity index (χ1) is 10.9. The van der Waals surface area contributed by atoms with Gasteiger partial charge in [-0.2, -0.15) is 5.10 Å². The second-order valence-electron chi connectivity index (χ2n) is 7.15. The summed E-state index contributed by atoms with van der Waals surface area (Å²) >= 11 is 0. The third-order valence-electron chi connectivity index (χ3n) is 5.67. The summed E-state index contributed by atoms with van der Waals surface area (Å²) in [5.74, 6) is 2.04. The van der Waals surface area contributed by atoms with E-state index in [1.54, 1.807) is 13.8 Å². The highest BCUT2D eigenvalue weighted by Crippen LogP contribution is 2.49. The first kappa shape index (κ1) is 16.0. The number of aromatic nitrogens is 2. The SMILES string of the molecule is Cc1nn([C@H](C)C(=O)N[C@@H](C)[C@@H]2C[C@@H]3CC[C@@H]2C3)cc1[N+](=O)[O-]. The molecule has 1 heterocycles. The summed E-state index contributed by atoms with van der Waals surface area (Å²) in [7, 11) is 0. The minimum Gasteiger partial charge on any atom is -0.352 e. The molecule has 0 spiro atoms. The van der Waals surface area contributed by atoms with Crippen LogP contribution in [0.4, 0.5) is 5.69 Å². The van der Waals surface area contributed by atoms with Gasteiger partial charge in [-0.1, -0.05) is 6.42 Å². The number of rotatable bonds is 5. The summed E-state index contributed by atoms with van der Waals surface area (Å²) in [5, 5.41) is 18.1. The van der Waals surface area contributed by atoms with E-state index in [9.17, 15) is 14.9 Å². The Hall–Kier alpha value is -1.92. The number of nitro groups is 1. The first-order valence-electron chi connectivity index (χ1n) is 8.37. The average molecular weight is 320 g/mol. The largest absolute Gasteiger partial charge is 0.352 e. The monoisotopic (exact) mass is 320 g/mol. The van der Waals surface area contributed by atoms with Crippen molar-refractivity contribution in [2.75, 3.05) is 0 Å². The zero-order valence-electron chi connectivity index (χ0n) is 13.9. The second-order valence-corrected chi connectivity index (χ2v) is 7.15. The van der Waals surface area contributed by atoms with E-state index in [2.05, 4.69) is 17.3 Å². The van der Waals surface area contributed by atoms with Gasteiger partial charge in [-0.05, 0) is 57.8 Å². The lowest BCUT2D eigenvalue weighted by atomic mass is 9.84. The van der Waals surface area contributed by atoms with Crippen molar-refractivity contribution in [2.45, 2.75) is 58.5 Å². The zero-order valence-corrected chi connectivity index (χ0v) is 13.9. The molecule has 126 valence electrons. The summed E-state index contributed by atoms with van der Waals surface area (Å²) in [4.78, 5) is 22.9. The standard InChI is InChI=1S/C16H24N4O3/c1-9(14-7-12-4-5-13(14)6-12)17-16(21)11(3)19-8-15(20(22)23)10(2)18-19/h8-9,11-14H,4-7H2,1-3H3,(H,17,21)/t9-,11+,12+,13+,14-/m0/s1. The van der Waals surface area contributed by atoms with Crippen molar-refractivity contribution in [2.24, 2.45) is 17.8 Å². The summed E-state index contributed by atoms with van der Waals surface area (Å²) in [6, 6.07) is -0.407. The van der Waals surface area contributed by atoms with E-state index in [1.807, 2.05) is 0 Å². The molecule has 7 nitrogen and oxygen atoms in total. The molecule has 2 fully saturated rings. The Morgan fingerprint density at radius 2 is 2.17 bits per heavy atom. The summed E-state index contributed by atoms with van der Waals surface area (Å²) < 4.78 is 1.39. The molecule has 2 aliphatic rings. The molecule has 2 bridgehead atoms. The predicted octanol–water partition coefficient (Wildman–Crippen LogP) is 2.60. The van der Waals surface area contributed by atoms with Crippen LogP contribution in [0.25, 0.3) is 0 Å². The number of fused-ring (bicyclic) bond motifs is 2. The lowest BCUT2D eigenvalue weighted by molar-refractivity contribution is -0.385. The molecule has 0 unspecified atom stereocenters. The van der Waals surface area contributed by atoms with Gasteiger partial charge in [0.25, 0.3) is 0 Å². The Morgan fingerprint density at radius 1 is 1.43 bits per heavy atom. The van der Waals surface area contributed by atoms with Gasteiger partial charge in [0, 0.05) is 6.04 Å². The average Bonchev–Trinajstić information content (AvgIpc) is 3.20. The number of amides is 1. The van der Waals surface area contributed by atoms with Crippen LogP contribution in [0.5, 0.6) is 0 Å². The summed E-state index contributed by atoms with van der Waals surface area (Å²) in [6.45, 7) is 5.38. The van der Waals surface area contributed by atoms with E-state index < -0.39 is 11.0 Å². The van der Waals surface area contributed by atoms with Crippen LogP contribution in [-0.4, -0.2) is 26.7 Å². The Bertz CT molecular complexity index is 627. The lowest BCUT2D eigenvalue weighted by Crippen LogP contribution is -2.43. The smallest absolute Gasteiger partial charge is 0.309 e. The molecule has 1 amide bonds. The van der Waals surface area contributed by atoms with Crippen LogP contribution in [0.3, 0.4) is 0 Å². The fourth-order valence-corrected chi connectivity index (χ4v) is 4.33. The van der Waals surface area contributed by atoms with Gasteiger partial charge in [-0.15, -0.1) is 0 Å². The topological polar surface area (TPSA) is 90.1 Å². The van der Waals surface area contributed by atoms with Crippen molar-refractivity contribution in [1.29, 1.82) is 0 Å². The van der Waals surface area contributed by atoms with E-state index in [-0.39, 0.29) is 17.6 Å². The highest BCUT2D eigenvalue weighted by molar-refractivity contribution is 5.80. The molecule has 0 aromatic carbocycles. The maximum absolute atomic E-state index is 12.5. The number of hydrogen-bond acceptors (Lipinski definition) is 4. The minimum absolute atomic E-state index is 0.0502. The molecule has 0 saturated heterocycles. The third kappa shape index (κ3) is 2.96. The van der Waals surface area contributed by atoms with Gasteiger partial charge < -0.3 is 5.32 Å². The van der Waals surface area contributed by atoms with Crippen LogP contribution in [0.1, 0.15) is 51.3 Å². The predicted molar refractivity (Wildman–Crippen MR) is 84.9 cm³/mol. The van der Waals surface area contributed by atoms with E-state index >= 15 is 0 Å². The highest BCUT2D eigenvalue weighted by atomic mass is 16.6. The van der Waals surface area contributed by atoms with E-state index in [1.165, 1.54) is 36.6 Å².